The minimum Gasteiger partial charge on any atom is -0.321 e. The lowest BCUT2D eigenvalue weighted by Gasteiger charge is -2.27. The van der Waals surface area contributed by atoms with Crippen LogP contribution in [0, 0.1) is 5.41 Å². The van der Waals surface area contributed by atoms with Crippen LogP contribution in [0.5, 0.6) is 0 Å². The fraction of sp³-hybridized carbons (Fsp3) is 0.368. The Kier molecular flexibility index (Phi) is 3.18. The van der Waals surface area contributed by atoms with Crippen molar-refractivity contribution in [1.29, 1.82) is 0 Å². The van der Waals surface area contributed by atoms with Crippen LogP contribution >= 0.6 is 0 Å². The van der Waals surface area contributed by atoms with E-state index in [1.807, 2.05) is 6.07 Å². The molecule has 0 saturated heterocycles. The molecule has 0 spiro atoms. The van der Waals surface area contributed by atoms with Crippen molar-refractivity contribution in [2.75, 3.05) is 0 Å². The Morgan fingerprint density at radius 3 is 1.95 bits per heavy atom. The molecule has 1 heteroatoms. The van der Waals surface area contributed by atoms with Crippen LogP contribution in [0.25, 0.3) is 11.1 Å². The van der Waals surface area contributed by atoms with E-state index in [9.17, 15) is 0 Å². The fourth-order valence-electron chi connectivity index (χ4n) is 3.46. The molecule has 1 nitrogen and oxygen atoms in total. The second-order valence-electron chi connectivity index (χ2n) is 6.94. The predicted octanol–water partition coefficient (Wildman–Crippen LogP) is 4.72. The first kappa shape index (κ1) is 13.4. The van der Waals surface area contributed by atoms with Crippen molar-refractivity contribution < 1.29 is 0 Å². The molecule has 0 heterocycles. The van der Waals surface area contributed by atoms with Gasteiger partial charge in [-0.15, -0.1) is 0 Å². The van der Waals surface area contributed by atoms with Crippen molar-refractivity contribution in [2.24, 2.45) is 11.1 Å². The second kappa shape index (κ2) is 4.75. The SMILES string of the molecule is CC1(C)CCC(N)(c2ccc(-c3ccccc3)cc2)C1. The minimum absolute atomic E-state index is 0.140. The Morgan fingerprint density at radius 1 is 0.800 bits per heavy atom. The molecule has 0 radical (unpaired) electrons. The molecular weight excluding hydrogens is 242 g/mol. The van der Waals surface area contributed by atoms with Gasteiger partial charge in [0.05, 0.1) is 0 Å². The van der Waals surface area contributed by atoms with Gasteiger partial charge in [0.1, 0.15) is 0 Å². The lowest BCUT2D eigenvalue weighted by atomic mass is 9.83. The first-order chi connectivity index (χ1) is 9.49. The first-order valence-corrected chi connectivity index (χ1v) is 7.43. The molecule has 1 fully saturated rings. The topological polar surface area (TPSA) is 26.0 Å². The first-order valence-electron chi connectivity index (χ1n) is 7.43. The van der Waals surface area contributed by atoms with Gasteiger partial charge in [0.25, 0.3) is 0 Å². The van der Waals surface area contributed by atoms with Crippen LogP contribution in [-0.2, 0) is 5.54 Å². The van der Waals surface area contributed by atoms with Gasteiger partial charge in [-0.3, -0.25) is 0 Å². The van der Waals surface area contributed by atoms with Crippen molar-refractivity contribution in [3.63, 3.8) is 0 Å². The van der Waals surface area contributed by atoms with Crippen LogP contribution in [-0.4, -0.2) is 0 Å². The monoisotopic (exact) mass is 265 g/mol. The van der Waals surface area contributed by atoms with Crippen LogP contribution in [0.3, 0.4) is 0 Å². The Hall–Kier alpha value is -1.60. The van der Waals surface area contributed by atoms with Crippen molar-refractivity contribution in [1.82, 2.24) is 0 Å². The average Bonchev–Trinajstić information content (AvgIpc) is 2.75. The molecule has 3 rings (SSSR count). The van der Waals surface area contributed by atoms with E-state index < -0.39 is 0 Å². The van der Waals surface area contributed by atoms with E-state index in [0.29, 0.717) is 5.41 Å². The molecule has 2 aromatic carbocycles. The maximum absolute atomic E-state index is 6.64. The van der Waals surface area contributed by atoms with E-state index in [4.69, 9.17) is 5.73 Å². The molecule has 104 valence electrons. The van der Waals surface area contributed by atoms with E-state index in [0.717, 1.165) is 12.8 Å². The lowest BCUT2D eigenvalue weighted by molar-refractivity contribution is 0.339. The third-order valence-corrected chi connectivity index (χ3v) is 4.61. The summed E-state index contributed by atoms with van der Waals surface area (Å²) in [6.07, 6.45) is 3.37. The van der Waals surface area contributed by atoms with Crippen LogP contribution in [0.2, 0.25) is 0 Å². The smallest absolute Gasteiger partial charge is 0.0414 e. The van der Waals surface area contributed by atoms with Crippen LogP contribution < -0.4 is 5.73 Å². The summed E-state index contributed by atoms with van der Waals surface area (Å²) < 4.78 is 0. The maximum atomic E-state index is 6.64. The molecule has 1 unspecified atom stereocenters. The van der Waals surface area contributed by atoms with E-state index >= 15 is 0 Å². The Labute approximate surface area is 121 Å². The standard InChI is InChI=1S/C19H23N/c1-18(2)12-13-19(20,14-18)17-10-8-16(9-11-17)15-6-4-3-5-7-15/h3-11H,12-14,20H2,1-2H3. The fourth-order valence-corrected chi connectivity index (χ4v) is 3.46. The summed E-state index contributed by atoms with van der Waals surface area (Å²) in [4.78, 5) is 0. The highest BCUT2D eigenvalue weighted by atomic mass is 14.8. The number of hydrogen-bond donors (Lipinski definition) is 1. The Bertz CT molecular complexity index is 583. The van der Waals surface area contributed by atoms with Gasteiger partial charge in [-0.1, -0.05) is 68.4 Å². The highest BCUT2D eigenvalue weighted by molar-refractivity contribution is 5.63. The summed E-state index contributed by atoms with van der Waals surface area (Å²) >= 11 is 0. The molecule has 20 heavy (non-hydrogen) atoms. The van der Waals surface area contributed by atoms with E-state index in [1.54, 1.807) is 0 Å². The molecule has 1 aliphatic rings. The zero-order valence-electron chi connectivity index (χ0n) is 12.4. The molecule has 0 aliphatic heterocycles. The molecule has 1 saturated carbocycles. The Morgan fingerprint density at radius 2 is 1.40 bits per heavy atom. The summed E-state index contributed by atoms with van der Waals surface area (Å²) in [5, 5.41) is 0. The summed E-state index contributed by atoms with van der Waals surface area (Å²) in [5.41, 5.74) is 10.7. The molecule has 2 N–H and O–H groups in total. The Balaban J connectivity index is 1.87. The molecule has 0 aromatic heterocycles. The van der Waals surface area contributed by atoms with Gasteiger partial charge in [0.2, 0.25) is 0 Å². The molecule has 2 aromatic rings. The van der Waals surface area contributed by atoms with Gasteiger partial charge in [-0.05, 0) is 41.4 Å². The maximum Gasteiger partial charge on any atom is 0.0414 e. The zero-order valence-corrected chi connectivity index (χ0v) is 12.4. The third-order valence-electron chi connectivity index (χ3n) is 4.61. The van der Waals surface area contributed by atoms with Crippen LogP contribution in [0.1, 0.15) is 38.7 Å². The van der Waals surface area contributed by atoms with E-state index in [1.165, 1.54) is 23.1 Å². The average molecular weight is 265 g/mol. The van der Waals surface area contributed by atoms with Gasteiger partial charge in [0.15, 0.2) is 0 Å². The van der Waals surface area contributed by atoms with E-state index in [-0.39, 0.29) is 5.54 Å². The zero-order chi connectivity index (χ0) is 14.2. The predicted molar refractivity (Wildman–Crippen MR) is 85.4 cm³/mol. The molecule has 1 atom stereocenters. The summed E-state index contributed by atoms with van der Waals surface area (Å²) in [6, 6.07) is 19.3. The molecule has 0 amide bonds. The summed E-state index contributed by atoms with van der Waals surface area (Å²) in [6.45, 7) is 4.64. The van der Waals surface area contributed by atoms with Gasteiger partial charge in [-0.25, -0.2) is 0 Å². The number of nitrogens with two attached hydrogens (primary N) is 1. The van der Waals surface area contributed by atoms with E-state index in [2.05, 4.69) is 62.4 Å². The van der Waals surface area contributed by atoms with Crippen molar-refractivity contribution in [2.45, 2.75) is 38.6 Å². The summed E-state index contributed by atoms with van der Waals surface area (Å²) in [5.74, 6) is 0. The third kappa shape index (κ3) is 2.51. The minimum atomic E-state index is -0.140. The summed E-state index contributed by atoms with van der Waals surface area (Å²) in [7, 11) is 0. The number of rotatable bonds is 2. The molecular formula is C19H23N. The number of benzene rings is 2. The quantitative estimate of drug-likeness (QED) is 0.835. The van der Waals surface area contributed by atoms with Crippen molar-refractivity contribution in [3.05, 3.63) is 60.2 Å². The molecule has 0 bridgehead atoms. The largest absolute Gasteiger partial charge is 0.321 e. The second-order valence-corrected chi connectivity index (χ2v) is 6.94. The highest BCUT2D eigenvalue weighted by Crippen LogP contribution is 2.47. The van der Waals surface area contributed by atoms with Crippen LogP contribution in [0.15, 0.2) is 54.6 Å². The van der Waals surface area contributed by atoms with Crippen molar-refractivity contribution >= 4 is 0 Å². The van der Waals surface area contributed by atoms with Crippen molar-refractivity contribution in [3.8, 4) is 11.1 Å². The van der Waals surface area contributed by atoms with Crippen LogP contribution in [0.4, 0.5) is 0 Å². The number of hydrogen-bond acceptors (Lipinski definition) is 1. The van der Waals surface area contributed by atoms with Gasteiger partial charge in [-0.2, -0.15) is 0 Å². The van der Waals surface area contributed by atoms with Gasteiger partial charge in [0, 0.05) is 5.54 Å². The highest BCUT2D eigenvalue weighted by Gasteiger charge is 2.41. The lowest BCUT2D eigenvalue weighted by Crippen LogP contribution is -2.34. The van der Waals surface area contributed by atoms with Gasteiger partial charge < -0.3 is 5.73 Å². The normalized spacial score (nSPS) is 24.8. The van der Waals surface area contributed by atoms with Gasteiger partial charge >= 0.3 is 0 Å². The molecule has 1 aliphatic carbocycles.